The van der Waals surface area contributed by atoms with E-state index in [1.165, 1.54) is 0 Å². The second-order valence-corrected chi connectivity index (χ2v) is 8.14. The summed E-state index contributed by atoms with van der Waals surface area (Å²) in [6, 6.07) is 0. The Morgan fingerprint density at radius 1 is 1.05 bits per heavy atom. The Hall–Kier alpha value is -1.06. The van der Waals surface area contributed by atoms with Gasteiger partial charge in [-0.3, -0.25) is 9.59 Å². The van der Waals surface area contributed by atoms with Gasteiger partial charge in [-0.2, -0.15) is 0 Å². The lowest BCUT2D eigenvalue weighted by Crippen LogP contribution is -2.54. The molecule has 0 aliphatic heterocycles. The van der Waals surface area contributed by atoms with E-state index in [9.17, 15) is 9.59 Å². The van der Waals surface area contributed by atoms with E-state index in [4.69, 9.17) is 0 Å². The van der Waals surface area contributed by atoms with Crippen LogP contribution in [0.4, 0.5) is 0 Å². The number of hydrogen-bond donors (Lipinski definition) is 2. The van der Waals surface area contributed by atoms with Gasteiger partial charge in [0.2, 0.25) is 12.3 Å². The fraction of sp³-hybridized carbons (Fsp3) is 0.875. The van der Waals surface area contributed by atoms with Crippen molar-refractivity contribution < 1.29 is 9.59 Å². The summed E-state index contributed by atoms with van der Waals surface area (Å²) in [6.45, 7) is 16.1. The lowest BCUT2D eigenvalue weighted by Gasteiger charge is -2.38. The molecule has 0 radical (unpaired) electrons. The zero-order chi connectivity index (χ0) is 16.2. The third-order valence-corrected chi connectivity index (χ3v) is 3.32. The van der Waals surface area contributed by atoms with Crippen molar-refractivity contribution in [3.05, 3.63) is 0 Å². The van der Waals surface area contributed by atoms with E-state index in [-0.39, 0.29) is 22.4 Å². The molecule has 0 rings (SSSR count). The summed E-state index contributed by atoms with van der Waals surface area (Å²) in [7, 11) is 0. The molecule has 4 heteroatoms. The summed E-state index contributed by atoms with van der Waals surface area (Å²) in [5.41, 5.74) is -1.10. The number of rotatable bonds is 8. The van der Waals surface area contributed by atoms with E-state index in [1.807, 2.05) is 41.5 Å². The predicted molar refractivity (Wildman–Crippen MR) is 83.4 cm³/mol. The largest absolute Gasteiger partial charge is 0.354 e. The van der Waals surface area contributed by atoms with Crippen LogP contribution in [0, 0.1) is 11.3 Å². The quantitative estimate of drug-likeness (QED) is 0.673. The lowest BCUT2D eigenvalue weighted by atomic mass is 9.81. The topological polar surface area (TPSA) is 58.2 Å². The second kappa shape index (κ2) is 6.59. The molecule has 0 aliphatic rings. The standard InChI is InChI=1S/C16H32N2O2/c1-12(2)9-14(3,4)13(20)18-16(7,8)10-15(5,6)17-11-19/h11-12H,9-10H2,1-8H3,(H,17,19)(H,18,20). The maximum atomic E-state index is 12.5. The van der Waals surface area contributed by atoms with Crippen LogP contribution >= 0.6 is 0 Å². The number of carbonyl (C=O) groups excluding carboxylic acids is 2. The van der Waals surface area contributed by atoms with Crippen LogP contribution in [0.2, 0.25) is 0 Å². The zero-order valence-electron chi connectivity index (χ0n) is 14.4. The van der Waals surface area contributed by atoms with Crippen LogP contribution in [0.25, 0.3) is 0 Å². The molecule has 0 aromatic carbocycles. The highest BCUT2D eigenvalue weighted by Gasteiger charge is 2.35. The van der Waals surface area contributed by atoms with Gasteiger partial charge in [0.25, 0.3) is 0 Å². The molecule has 20 heavy (non-hydrogen) atoms. The van der Waals surface area contributed by atoms with Gasteiger partial charge in [0.05, 0.1) is 0 Å². The van der Waals surface area contributed by atoms with Gasteiger partial charge in [0.15, 0.2) is 0 Å². The van der Waals surface area contributed by atoms with Crippen LogP contribution in [-0.4, -0.2) is 23.4 Å². The second-order valence-electron chi connectivity index (χ2n) is 8.14. The minimum absolute atomic E-state index is 0.0677. The molecule has 0 saturated carbocycles. The minimum Gasteiger partial charge on any atom is -0.354 e. The van der Waals surface area contributed by atoms with Crippen molar-refractivity contribution in [2.24, 2.45) is 11.3 Å². The Morgan fingerprint density at radius 2 is 1.55 bits per heavy atom. The normalized spacial score (nSPS) is 13.2. The van der Waals surface area contributed by atoms with Gasteiger partial charge in [-0.15, -0.1) is 0 Å². The third-order valence-electron chi connectivity index (χ3n) is 3.32. The summed E-state index contributed by atoms with van der Waals surface area (Å²) in [5.74, 6) is 0.546. The van der Waals surface area contributed by atoms with Crippen molar-refractivity contribution in [2.45, 2.75) is 79.3 Å². The molecule has 0 bridgehead atoms. The highest BCUT2D eigenvalue weighted by molar-refractivity contribution is 5.82. The van der Waals surface area contributed by atoms with Crippen LogP contribution in [0.1, 0.15) is 68.2 Å². The highest BCUT2D eigenvalue weighted by Crippen LogP contribution is 2.28. The average molecular weight is 284 g/mol. The lowest BCUT2D eigenvalue weighted by molar-refractivity contribution is -0.132. The summed E-state index contributed by atoms with van der Waals surface area (Å²) in [4.78, 5) is 23.1. The SMILES string of the molecule is CC(C)CC(C)(C)C(=O)NC(C)(C)CC(C)(C)NC=O. The van der Waals surface area contributed by atoms with Crippen LogP contribution in [0.15, 0.2) is 0 Å². The Morgan fingerprint density at radius 3 is 1.95 bits per heavy atom. The molecule has 0 fully saturated rings. The molecule has 4 nitrogen and oxygen atoms in total. The zero-order valence-corrected chi connectivity index (χ0v) is 14.4. The summed E-state index contributed by atoms with van der Waals surface area (Å²) < 4.78 is 0. The van der Waals surface area contributed by atoms with Crippen molar-refractivity contribution in [3.63, 3.8) is 0 Å². The van der Waals surface area contributed by atoms with Gasteiger partial charge in [0, 0.05) is 16.5 Å². The molecule has 118 valence electrons. The Balaban J connectivity index is 4.75. The maximum Gasteiger partial charge on any atom is 0.226 e. The summed E-state index contributed by atoms with van der Waals surface area (Å²) in [5, 5.41) is 5.91. The van der Waals surface area contributed by atoms with Crippen LogP contribution in [0.5, 0.6) is 0 Å². The molecule has 2 N–H and O–H groups in total. The number of nitrogens with one attached hydrogen (secondary N) is 2. The molecule has 0 heterocycles. The van der Waals surface area contributed by atoms with Crippen LogP contribution in [-0.2, 0) is 9.59 Å². The molecule has 0 spiro atoms. The molecular weight excluding hydrogens is 252 g/mol. The van der Waals surface area contributed by atoms with Gasteiger partial charge >= 0.3 is 0 Å². The van der Waals surface area contributed by atoms with Crippen molar-refractivity contribution in [1.82, 2.24) is 10.6 Å². The Kier molecular flexibility index (Phi) is 6.25. The van der Waals surface area contributed by atoms with Crippen molar-refractivity contribution in [3.8, 4) is 0 Å². The van der Waals surface area contributed by atoms with Crippen molar-refractivity contribution in [1.29, 1.82) is 0 Å². The monoisotopic (exact) mass is 284 g/mol. The maximum absolute atomic E-state index is 12.5. The first-order valence-corrected chi connectivity index (χ1v) is 7.35. The minimum atomic E-state index is -0.381. The molecule has 0 atom stereocenters. The first kappa shape index (κ1) is 18.9. The van der Waals surface area contributed by atoms with E-state index in [0.29, 0.717) is 18.7 Å². The predicted octanol–water partition coefficient (Wildman–Crippen LogP) is 2.87. The van der Waals surface area contributed by atoms with Gasteiger partial charge in [-0.1, -0.05) is 27.7 Å². The van der Waals surface area contributed by atoms with Gasteiger partial charge in [0.1, 0.15) is 0 Å². The molecule has 0 aromatic rings. The van der Waals surface area contributed by atoms with E-state index < -0.39 is 0 Å². The van der Waals surface area contributed by atoms with Crippen molar-refractivity contribution >= 4 is 12.3 Å². The third kappa shape index (κ3) is 6.92. The molecule has 0 aliphatic carbocycles. The van der Waals surface area contributed by atoms with E-state index in [2.05, 4.69) is 24.5 Å². The molecular formula is C16H32N2O2. The molecule has 0 aromatic heterocycles. The summed E-state index contributed by atoms with van der Waals surface area (Å²) >= 11 is 0. The fourth-order valence-corrected chi connectivity index (χ4v) is 2.95. The van der Waals surface area contributed by atoms with E-state index in [0.717, 1.165) is 6.42 Å². The van der Waals surface area contributed by atoms with Gasteiger partial charge in [-0.05, 0) is 46.5 Å². The van der Waals surface area contributed by atoms with E-state index in [1.54, 1.807) is 0 Å². The number of carbonyl (C=O) groups is 2. The Labute approximate surface area is 124 Å². The molecule has 0 saturated heterocycles. The van der Waals surface area contributed by atoms with Crippen LogP contribution in [0.3, 0.4) is 0 Å². The summed E-state index contributed by atoms with van der Waals surface area (Å²) in [6.07, 6.45) is 2.23. The smallest absolute Gasteiger partial charge is 0.226 e. The Bertz CT molecular complexity index is 344. The van der Waals surface area contributed by atoms with Gasteiger partial charge in [-0.25, -0.2) is 0 Å². The van der Waals surface area contributed by atoms with E-state index >= 15 is 0 Å². The van der Waals surface area contributed by atoms with Crippen molar-refractivity contribution in [2.75, 3.05) is 0 Å². The number of hydrogen-bond acceptors (Lipinski definition) is 2. The first-order valence-electron chi connectivity index (χ1n) is 7.35. The van der Waals surface area contributed by atoms with Gasteiger partial charge < -0.3 is 10.6 Å². The molecule has 2 amide bonds. The number of amides is 2. The van der Waals surface area contributed by atoms with Crippen LogP contribution < -0.4 is 10.6 Å². The molecule has 0 unspecified atom stereocenters. The average Bonchev–Trinajstić information content (AvgIpc) is 2.11. The fourth-order valence-electron chi connectivity index (χ4n) is 2.95. The first-order chi connectivity index (χ1) is 8.81. The highest BCUT2D eigenvalue weighted by atomic mass is 16.2.